The number of amides is 1. The van der Waals surface area contributed by atoms with Gasteiger partial charge in [-0.25, -0.2) is 0 Å². The van der Waals surface area contributed by atoms with Crippen molar-refractivity contribution in [2.75, 3.05) is 0 Å². The number of hydrogen-bond acceptors (Lipinski definition) is 3. The van der Waals surface area contributed by atoms with Crippen LogP contribution in [0.15, 0.2) is 103 Å². The molecule has 0 unspecified atom stereocenters. The highest BCUT2D eigenvalue weighted by molar-refractivity contribution is 6.31. The van der Waals surface area contributed by atoms with E-state index in [9.17, 15) is 31.1 Å². The molecule has 208 valence electrons. The second-order valence-corrected chi connectivity index (χ2v) is 9.12. The zero-order valence-corrected chi connectivity index (χ0v) is 21.1. The molecule has 0 aliphatic rings. The molecule has 4 rings (SSSR count). The molecular formula is C29H20ClF6NO3. The lowest BCUT2D eigenvalue weighted by Gasteiger charge is -2.37. The van der Waals surface area contributed by atoms with Crippen molar-refractivity contribution in [3.8, 4) is 11.5 Å². The summed E-state index contributed by atoms with van der Waals surface area (Å²) < 4.78 is 86.8. The highest BCUT2D eigenvalue weighted by Crippen LogP contribution is 2.38. The Hall–Kier alpha value is -4.18. The maximum Gasteiger partial charge on any atom is 0.573 e. The van der Waals surface area contributed by atoms with E-state index in [0.717, 1.165) is 24.3 Å². The Morgan fingerprint density at radius 2 is 1.20 bits per heavy atom. The van der Waals surface area contributed by atoms with Gasteiger partial charge in [0, 0.05) is 17.0 Å². The van der Waals surface area contributed by atoms with Crippen LogP contribution in [0.5, 0.6) is 11.5 Å². The molecule has 1 amide bonds. The highest BCUT2D eigenvalue weighted by Gasteiger charge is 2.39. The van der Waals surface area contributed by atoms with E-state index in [1.54, 1.807) is 36.4 Å². The Kier molecular flexibility index (Phi) is 8.29. The maximum atomic E-state index is 13.6. The van der Waals surface area contributed by atoms with Gasteiger partial charge in [0.1, 0.15) is 11.5 Å². The zero-order valence-electron chi connectivity index (χ0n) is 20.4. The molecule has 0 radical (unpaired) electrons. The molecule has 11 heteroatoms. The van der Waals surface area contributed by atoms with Crippen LogP contribution in [-0.2, 0) is 12.0 Å². The lowest BCUT2D eigenvalue weighted by Crippen LogP contribution is -2.48. The molecule has 0 saturated carbocycles. The first-order valence-electron chi connectivity index (χ1n) is 11.7. The summed E-state index contributed by atoms with van der Waals surface area (Å²) in [5.41, 5.74) is -0.736. The molecule has 0 aliphatic carbocycles. The standard InChI is InChI=1S/C29H20ClF6NO3/c30-23-12-4-9-20(15-23)26(38)37-27(18-19-7-2-1-3-8-19,21-10-5-13-24(16-21)39-28(31,32)33)22-11-6-14-25(17-22)40-29(34,35)36/h1-17H,18H2,(H,37,38). The Morgan fingerprint density at radius 1 is 0.675 bits per heavy atom. The van der Waals surface area contributed by atoms with Crippen LogP contribution in [0, 0.1) is 0 Å². The fourth-order valence-electron chi connectivity index (χ4n) is 4.27. The van der Waals surface area contributed by atoms with E-state index in [0.29, 0.717) is 5.56 Å². The van der Waals surface area contributed by atoms with Crippen molar-refractivity contribution in [2.45, 2.75) is 24.7 Å². The largest absolute Gasteiger partial charge is 0.573 e. The summed E-state index contributed by atoms with van der Waals surface area (Å²) in [5, 5.41) is 3.12. The van der Waals surface area contributed by atoms with Gasteiger partial charge in [-0.15, -0.1) is 26.3 Å². The predicted molar refractivity (Wildman–Crippen MR) is 136 cm³/mol. The quantitative estimate of drug-likeness (QED) is 0.215. The summed E-state index contributed by atoms with van der Waals surface area (Å²) in [6, 6.07) is 24.3. The van der Waals surface area contributed by atoms with Gasteiger partial charge in [-0.2, -0.15) is 0 Å². The minimum atomic E-state index is -5.01. The molecule has 4 nitrogen and oxygen atoms in total. The Balaban J connectivity index is 1.95. The Morgan fingerprint density at radius 3 is 1.70 bits per heavy atom. The molecule has 4 aromatic carbocycles. The van der Waals surface area contributed by atoms with Gasteiger partial charge in [0.2, 0.25) is 0 Å². The average Bonchev–Trinajstić information content (AvgIpc) is 2.87. The lowest BCUT2D eigenvalue weighted by molar-refractivity contribution is -0.275. The van der Waals surface area contributed by atoms with Gasteiger partial charge in [-0.05, 0) is 59.2 Å². The third-order valence-electron chi connectivity index (χ3n) is 5.85. The second kappa shape index (κ2) is 11.5. The van der Waals surface area contributed by atoms with Crippen LogP contribution >= 0.6 is 11.6 Å². The van der Waals surface area contributed by atoms with Crippen LogP contribution in [0.25, 0.3) is 0 Å². The van der Waals surface area contributed by atoms with Crippen molar-refractivity contribution in [1.82, 2.24) is 5.32 Å². The van der Waals surface area contributed by atoms with Crippen LogP contribution in [0.4, 0.5) is 26.3 Å². The first-order valence-corrected chi connectivity index (χ1v) is 12.1. The van der Waals surface area contributed by atoms with E-state index in [-0.39, 0.29) is 28.1 Å². The van der Waals surface area contributed by atoms with Crippen molar-refractivity contribution < 1.29 is 40.6 Å². The molecule has 0 saturated heterocycles. The van der Waals surface area contributed by atoms with Crippen molar-refractivity contribution >= 4 is 17.5 Å². The fraction of sp³-hybridized carbons (Fsp3) is 0.138. The number of rotatable bonds is 8. The van der Waals surface area contributed by atoms with E-state index in [4.69, 9.17) is 11.6 Å². The number of carbonyl (C=O) groups is 1. The molecule has 0 spiro atoms. The molecule has 0 heterocycles. The predicted octanol–water partition coefficient (Wildman–Crippen LogP) is 8.05. The summed E-state index contributed by atoms with van der Waals surface area (Å²) in [6.07, 6.45) is -10.1. The summed E-state index contributed by atoms with van der Waals surface area (Å²) >= 11 is 6.06. The summed E-state index contributed by atoms with van der Waals surface area (Å²) in [5.74, 6) is -1.84. The monoisotopic (exact) mass is 579 g/mol. The van der Waals surface area contributed by atoms with Crippen LogP contribution in [0.1, 0.15) is 27.0 Å². The van der Waals surface area contributed by atoms with E-state index in [1.807, 2.05) is 0 Å². The molecule has 0 atom stereocenters. The smallest absolute Gasteiger partial charge is 0.406 e. The summed E-state index contributed by atoms with van der Waals surface area (Å²) in [4.78, 5) is 13.6. The van der Waals surface area contributed by atoms with Crippen molar-refractivity contribution in [2.24, 2.45) is 0 Å². The highest BCUT2D eigenvalue weighted by atomic mass is 35.5. The first-order chi connectivity index (χ1) is 18.8. The number of nitrogens with one attached hydrogen (secondary N) is 1. The van der Waals surface area contributed by atoms with Crippen LogP contribution < -0.4 is 14.8 Å². The van der Waals surface area contributed by atoms with Crippen LogP contribution in [0.2, 0.25) is 5.02 Å². The van der Waals surface area contributed by atoms with Gasteiger partial charge >= 0.3 is 12.7 Å². The van der Waals surface area contributed by atoms with E-state index in [1.165, 1.54) is 42.5 Å². The molecule has 1 N–H and O–H groups in total. The molecule has 4 aromatic rings. The van der Waals surface area contributed by atoms with Gasteiger partial charge < -0.3 is 14.8 Å². The van der Waals surface area contributed by atoms with E-state index in [2.05, 4.69) is 14.8 Å². The molecule has 0 aliphatic heterocycles. The SMILES string of the molecule is O=C(NC(Cc1ccccc1)(c1cccc(OC(F)(F)F)c1)c1cccc(OC(F)(F)F)c1)c1cccc(Cl)c1. The number of ether oxygens (including phenoxy) is 2. The fourth-order valence-corrected chi connectivity index (χ4v) is 4.46. The minimum absolute atomic E-state index is 0.0644. The first kappa shape index (κ1) is 28.8. The van der Waals surface area contributed by atoms with Gasteiger partial charge in [0.25, 0.3) is 5.91 Å². The van der Waals surface area contributed by atoms with Gasteiger partial charge in [-0.1, -0.05) is 72.3 Å². The normalized spacial score (nSPS) is 12.1. The number of hydrogen-bond donors (Lipinski definition) is 1. The van der Waals surface area contributed by atoms with Crippen molar-refractivity contribution in [1.29, 1.82) is 0 Å². The zero-order chi connectivity index (χ0) is 29.0. The van der Waals surface area contributed by atoms with Gasteiger partial charge in [0.15, 0.2) is 0 Å². The Labute approximate surface area is 230 Å². The summed E-state index contributed by atoms with van der Waals surface area (Å²) in [7, 11) is 0. The Bertz CT molecular complexity index is 1420. The minimum Gasteiger partial charge on any atom is -0.406 e. The lowest BCUT2D eigenvalue weighted by atomic mass is 9.77. The topological polar surface area (TPSA) is 47.6 Å². The van der Waals surface area contributed by atoms with E-state index < -0.39 is 35.7 Å². The van der Waals surface area contributed by atoms with E-state index >= 15 is 0 Å². The third-order valence-corrected chi connectivity index (χ3v) is 6.08. The molecule has 0 bridgehead atoms. The molecule has 0 fully saturated rings. The second-order valence-electron chi connectivity index (χ2n) is 8.68. The molecule has 40 heavy (non-hydrogen) atoms. The summed E-state index contributed by atoms with van der Waals surface area (Å²) in [6.45, 7) is 0. The average molecular weight is 580 g/mol. The number of benzene rings is 4. The number of alkyl halides is 6. The van der Waals surface area contributed by atoms with Crippen molar-refractivity contribution in [3.05, 3.63) is 130 Å². The number of halogens is 7. The van der Waals surface area contributed by atoms with Crippen molar-refractivity contribution in [3.63, 3.8) is 0 Å². The third kappa shape index (κ3) is 7.47. The van der Waals surface area contributed by atoms with Crippen LogP contribution in [0.3, 0.4) is 0 Å². The van der Waals surface area contributed by atoms with Gasteiger partial charge in [0.05, 0.1) is 5.54 Å². The van der Waals surface area contributed by atoms with Gasteiger partial charge in [-0.3, -0.25) is 4.79 Å². The molecular weight excluding hydrogens is 560 g/mol. The van der Waals surface area contributed by atoms with Crippen LogP contribution in [-0.4, -0.2) is 18.6 Å². The number of carbonyl (C=O) groups excluding carboxylic acids is 1. The maximum absolute atomic E-state index is 13.6. The molecule has 0 aromatic heterocycles.